The fourth-order valence-corrected chi connectivity index (χ4v) is 4.50. The summed E-state index contributed by atoms with van der Waals surface area (Å²) in [6.07, 6.45) is 0.604. The van der Waals surface area contributed by atoms with Gasteiger partial charge in [-0.3, -0.25) is 14.0 Å². The van der Waals surface area contributed by atoms with Crippen LogP contribution in [0.25, 0.3) is 5.69 Å². The van der Waals surface area contributed by atoms with Crippen LogP contribution in [-0.4, -0.2) is 21.6 Å². The van der Waals surface area contributed by atoms with E-state index >= 15 is 0 Å². The summed E-state index contributed by atoms with van der Waals surface area (Å²) in [6.45, 7) is 8.78. The lowest BCUT2D eigenvalue weighted by Crippen LogP contribution is -2.20. The number of hydrogen-bond donors (Lipinski definition) is 1. The van der Waals surface area contributed by atoms with Gasteiger partial charge >= 0.3 is 7.60 Å². The van der Waals surface area contributed by atoms with Crippen LogP contribution in [0, 0.1) is 6.92 Å². The van der Waals surface area contributed by atoms with E-state index in [1.165, 1.54) is 10.9 Å². The molecule has 1 aromatic carbocycles. The maximum absolute atomic E-state index is 13.0. The molecule has 0 aliphatic rings. The zero-order valence-electron chi connectivity index (χ0n) is 17.0. The lowest BCUT2D eigenvalue weighted by Gasteiger charge is -2.22. The van der Waals surface area contributed by atoms with Crippen molar-refractivity contribution < 1.29 is 13.6 Å². The first-order chi connectivity index (χ1) is 13.1. The fourth-order valence-electron chi connectivity index (χ4n) is 2.63. The molecule has 0 radical (unpaired) electrons. The maximum Gasteiger partial charge on any atom is 0.374 e. The van der Waals surface area contributed by atoms with E-state index in [1.54, 1.807) is 46.3 Å². The van der Waals surface area contributed by atoms with Gasteiger partial charge in [0, 0.05) is 13.2 Å². The number of hydrogen-bond acceptors (Lipinski definition) is 5. The lowest BCUT2D eigenvalue weighted by molar-refractivity contribution is 0.148. The molecule has 9 heteroatoms. The van der Waals surface area contributed by atoms with Crippen LogP contribution in [0.4, 0.5) is 5.69 Å². The maximum atomic E-state index is 13.0. The van der Waals surface area contributed by atoms with E-state index in [0.717, 1.165) is 5.69 Å². The van der Waals surface area contributed by atoms with Gasteiger partial charge in [0.15, 0.2) is 0 Å². The molecule has 2 aromatic rings. The Kier molecular flexibility index (Phi) is 7.34. The van der Waals surface area contributed by atoms with Gasteiger partial charge in [0.25, 0.3) is 5.56 Å². The highest BCUT2D eigenvalue weighted by Gasteiger charge is 2.32. The molecular weight excluding hydrogens is 401 g/mol. The molecule has 0 spiro atoms. The van der Waals surface area contributed by atoms with Crippen LogP contribution < -0.4 is 10.9 Å². The number of aromatic nitrogens is 2. The minimum atomic E-state index is -3.70. The van der Waals surface area contributed by atoms with Gasteiger partial charge in [-0.15, -0.1) is 0 Å². The van der Waals surface area contributed by atoms with E-state index in [1.807, 2.05) is 30.3 Å². The molecule has 1 N–H and O–H groups in total. The quantitative estimate of drug-likeness (QED) is 0.601. The Hall–Kier alpha value is -1.79. The van der Waals surface area contributed by atoms with Crippen LogP contribution >= 0.6 is 19.2 Å². The second-order valence-corrected chi connectivity index (χ2v) is 9.42. The van der Waals surface area contributed by atoms with Crippen molar-refractivity contribution >= 4 is 24.9 Å². The van der Waals surface area contributed by atoms with E-state index in [-0.39, 0.29) is 22.5 Å². The zero-order chi connectivity index (χ0) is 21.1. The summed E-state index contributed by atoms with van der Waals surface area (Å²) in [5.41, 5.74) is 1.50. The number of rotatable bonds is 8. The molecule has 2 rings (SSSR count). The van der Waals surface area contributed by atoms with Crippen molar-refractivity contribution in [1.29, 1.82) is 0 Å². The molecule has 0 aliphatic carbocycles. The van der Waals surface area contributed by atoms with Crippen molar-refractivity contribution in [2.45, 2.75) is 46.8 Å². The Balaban J connectivity index is 2.40. The van der Waals surface area contributed by atoms with Crippen LogP contribution in [0.1, 0.15) is 33.4 Å². The van der Waals surface area contributed by atoms with E-state index < -0.39 is 7.60 Å². The summed E-state index contributed by atoms with van der Waals surface area (Å²) in [5, 5.41) is 2.88. The summed E-state index contributed by atoms with van der Waals surface area (Å²) in [6, 6.07) is 9.28. The molecule has 0 atom stereocenters. The van der Waals surface area contributed by atoms with Crippen molar-refractivity contribution in [2.24, 2.45) is 7.05 Å². The molecule has 28 heavy (non-hydrogen) atoms. The number of benzene rings is 1. The minimum Gasteiger partial charge on any atom is -0.354 e. The van der Waals surface area contributed by atoms with Crippen LogP contribution in [0.5, 0.6) is 0 Å². The van der Waals surface area contributed by atoms with Gasteiger partial charge in [-0.05, 0) is 46.8 Å². The number of nitrogens with one attached hydrogen (secondary N) is 1. The molecule has 0 saturated heterocycles. The predicted octanol–water partition coefficient (Wildman–Crippen LogP) is 4.98. The van der Waals surface area contributed by atoms with Crippen LogP contribution in [0.2, 0.25) is 0 Å². The first-order valence-corrected chi connectivity index (χ1v) is 10.9. The smallest absolute Gasteiger partial charge is 0.354 e. The third-order valence-electron chi connectivity index (χ3n) is 3.85. The number of nitrogens with zero attached hydrogens (tertiary/aromatic N) is 2. The normalized spacial score (nSPS) is 12.8. The Bertz CT molecular complexity index is 934. The van der Waals surface area contributed by atoms with Crippen molar-refractivity contribution in [3.8, 4) is 5.69 Å². The molecule has 7 nitrogen and oxygen atoms in total. The number of para-hydroxylation sites is 1. The van der Waals surface area contributed by atoms with Crippen LogP contribution in [0.15, 0.2) is 46.1 Å². The average molecular weight is 428 g/mol. The Labute approximate surface area is 170 Å². The van der Waals surface area contributed by atoms with E-state index in [9.17, 15) is 9.36 Å². The molecule has 0 fully saturated rings. The standard InChI is InChI=1S/C19H27ClN3O4P/c1-13(2)26-28(25,27-14(3)4)17(20)12-21-18-15(5)22(6)23(19(18)24)16-10-8-7-9-11-16/h7-14,21H,1-6H3. The predicted molar refractivity (Wildman–Crippen MR) is 113 cm³/mol. The number of halogens is 1. The minimum absolute atomic E-state index is 0.121. The van der Waals surface area contributed by atoms with Crippen LogP contribution in [0.3, 0.4) is 0 Å². The monoisotopic (exact) mass is 427 g/mol. The third-order valence-corrected chi connectivity index (χ3v) is 6.63. The molecule has 0 bridgehead atoms. The van der Waals surface area contributed by atoms with Gasteiger partial charge < -0.3 is 14.4 Å². The van der Waals surface area contributed by atoms with Gasteiger partial charge in [-0.25, -0.2) is 4.68 Å². The zero-order valence-corrected chi connectivity index (χ0v) is 18.6. The fraction of sp³-hybridized carbons (Fsp3) is 0.421. The number of anilines is 1. The first kappa shape index (κ1) is 22.5. The average Bonchev–Trinajstić information content (AvgIpc) is 2.81. The van der Waals surface area contributed by atoms with E-state index in [2.05, 4.69) is 5.32 Å². The molecule has 1 heterocycles. The van der Waals surface area contributed by atoms with Crippen molar-refractivity contribution in [2.75, 3.05) is 5.32 Å². The molecule has 0 aliphatic heterocycles. The van der Waals surface area contributed by atoms with Gasteiger partial charge in [0.1, 0.15) is 10.5 Å². The lowest BCUT2D eigenvalue weighted by atomic mass is 10.3. The molecule has 0 saturated carbocycles. The molecule has 0 unspecified atom stereocenters. The molecule has 154 valence electrons. The Morgan fingerprint density at radius 2 is 1.68 bits per heavy atom. The van der Waals surface area contributed by atoms with Gasteiger partial charge in [-0.1, -0.05) is 29.8 Å². The van der Waals surface area contributed by atoms with Gasteiger partial charge in [-0.2, -0.15) is 0 Å². The van der Waals surface area contributed by atoms with Crippen LogP contribution in [-0.2, 0) is 20.7 Å². The highest BCUT2D eigenvalue weighted by molar-refractivity contribution is 7.61. The Morgan fingerprint density at radius 3 is 2.18 bits per heavy atom. The van der Waals surface area contributed by atoms with Gasteiger partial charge in [0.2, 0.25) is 0 Å². The molecule has 0 amide bonds. The largest absolute Gasteiger partial charge is 0.374 e. The molecule has 1 aromatic heterocycles. The topological polar surface area (TPSA) is 74.5 Å². The van der Waals surface area contributed by atoms with E-state index in [4.69, 9.17) is 20.6 Å². The van der Waals surface area contributed by atoms with E-state index in [0.29, 0.717) is 11.4 Å². The Morgan fingerprint density at radius 1 is 1.14 bits per heavy atom. The summed E-state index contributed by atoms with van der Waals surface area (Å²) in [5.74, 6) is 0. The van der Waals surface area contributed by atoms with Crippen molar-refractivity contribution in [3.05, 3.63) is 57.4 Å². The second kappa shape index (κ2) is 9.14. The first-order valence-electron chi connectivity index (χ1n) is 9.00. The SMILES string of the molecule is Cc1c(NC=C(Cl)P(=O)(OC(C)C)OC(C)C)c(=O)n(-c2ccccc2)n1C. The molecular formula is C19H27ClN3O4P. The van der Waals surface area contributed by atoms with Crippen molar-refractivity contribution in [1.82, 2.24) is 9.36 Å². The summed E-state index contributed by atoms with van der Waals surface area (Å²) >= 11 is 6.26. The van der Waals surface area contributed by atoms with Gasteiger partial charge in [0.05, 0.1) is 23.6 Å². The summed E-state index contributed by atoms with van der Waals surface area (Å²) in [7, 11) is -1.92. The highest BCUT2D eigenvalue weighted by atomic mass is 35.5. The second-order valence-electron chi connectivity index (χ2n) is 6.85. The summed E-state index contributed by atoms with van der Waals surface area (Å²) in [4.78, 5) is 12.9. The third kappa shape index (κ3) is 4.97. The van der Waals surface area contributed by atoms with Crippen molar-refractivity contribution in [3.63, 3.8) is 0 Å². The summed E-state index contributed by atoms with van der Waals surface area (Å²) < 4.78 is 27.1. The highest BCUT2D eigenvalue weighted by Crippen LogP contribution is 2.59.